The normalized spacial score (nSPS) is 21.3. The standard InChI is InChI=1S/C17H23N3O3S/c1-20(13-7-3-2-4-8-13)16(21)11-12-18-17-14-9-5-6-10-15(14)24(22,23)19-17/h5-6,9-10,13H,2-4,7-8,11-12H2,1H3,(H,18,19). The lowest BCUT2D eigenvalue weighted by Crippen LogP contribution is -2.38. The summed E-state index contributed by atoms with van der Waals surface area (Å²) < 4.78 is 26.5. The maximum Gasteiger partial charge on any atom is 0.263 e. The fraction of sp³-hybridized carbons (Fsp3) is 0.529. The largest absolute Gasteiger partial charge is 0.343 e. The summed E-state index contributed by atoms with van der Waals surface area (Å²) in [7, 11) is -1.65. The van der Waals surface area contributed by atoms with Gasteiger partial charge in [0.05, 0.1) is 11.4 Å². The van der Waals surface area contributed by atoms with Crippen LogP contribution in [0.4, 0.5) is 0 Å². The molecule has 1 aliphatic carbocycles. The van der Waals surface area contributed by atoms with Crippen molar-refractivity contribution >= 4 is 21.8 Å². The van der Waals surface area contributed by atoms with Gasteiger partial charge < -0.3 is 4.90 Å². The lowest BCUT2D eigenvalue weighted by molar-refractivity contribution is -0.132. The van der Waals surface area contributed by atoms with E-state index in [9.17, 15) is 13.2 Å². The van der Waals surface area contributed by atoms with Gasteiger partial charge in [0, 0.05) is 25.1 Å². The number of benzene rings is 1. The van der Waals surface area contributed by atoms with Crippen molar-refractivity contribution in [2.45, 2.75) is 49.5 Å². The average molecular weight is 349 g/mol. The van der Waals surface area contributed by atoms with Gasteiger partial charge >= 0.3 is 0 Å². The summed E-state index contributed by atoms with van der Waals surface area (Å²) >= 11 is 0. The van der Waals surface area contributed by atoms with Gasteiger partial charge in [0.1, 0.15) is 5.84 Å². The molecule has 1 aromatic rings. The van der Waals surface area contributed by atoms with Crippen LogP contribution in [0.5, 0.6) is 0 Å². The van der Waals surface area contributed by atoms with Gasteiger partial charge in [-0.3, -0.25) is 14.5 Å². The summed E-state index contributed by atoms with van der Waals surface area (Å²) in [6, 6.07) is 7.08. The highest BCUT2D eigenvalue weighted by atomic mass is 32.2. The molecule has 1 aromatic carbocycles. The molecular weight excluding hydrogens is 326 g/mol. The Morgan fingerprint density at radius 1 is 1.25 bits per heavy atom. The third-order valence-electron chi connectivity index (χ3n) is 4.77. The number of amidine groups is 1. The fourth-order valence-corrected chi connectivity index (χ4v) is 4.61. The van der Waals surface area contributed by atoms with Crippen molar-refractivity contribution in [3.05, 3.63) is 29.8 Å². The van der Waals surface area contributed by atoms with E-state index in [1.165, 1.54) is 19.3 Å². The van der Waals surface area contributed by atoms with Gasteiger partial charge in [0.15, 0.2) is 0 Å². The van der Waals surface area contributed by atoms with Gasteiger partial charge in [-0.15, -0.1) is 0 Å². The first-order chi connectivity index (χ1) is 11.5. The molecule has 0 radical (unpaired) electrons. The molecule has 0 spiro atoms. The molecule has 1 heterocycles. The van der Waals surface area contributed by atoms with E-state index in [2.05, 4.69) is 9.71 Å². The number of amides is 1. The van der Waals surface area contributed by atoms with Crippen molar-refractivity contribution < 1.29 is 13.2 Å². The van der Waals surface area contributed by atoms with Crippen molar-refractivity contribution in [2.24, 2.45) is 4.99 Å². The third-order valence-corrected chi connectivity index (χ3v) is 6.17. The number of carbonyl (C=O) groups is 1. The quantitative estimate of drug-likeness (QED) is 0.902. The number of aliphatic imine (C=N–C) groups is 1. The van der Waals surface area contributed by atoms with E-state index in [1.54, 1.807) is 24.3 Å². The molecule has 3 rings (SSSR count). The summed E-state index contributed by atoms with van der Waals surface area (Å²) in [6.45, 7) is 0.280. The molecule has 1 fully saturated rings. The molecule has 0 bridgehead atoms. The monoisotopic (exact) mass is 349 g/mol. The van der Waals surface area contributed by atoms with E-state index in [0.29, 0.717) is 23.9 Å². The number of hydrogen-bond acceptors (Lipinski definition) is 4. The smallest absolute Gasteiger partial charge is 0.263 e. The molecule has 0 atom stereocenters. The van der Waals surface area contributed by atoms with Crippen LogP contribution in [0, 0.1) is 0 Å². The first-order valence-electron chi connectivity index (χ1n) is 8.41. The van der Waals surface area contributed by atoms with Crippen molar-refractivity contribution in [1.29, 1.82) is 0 Å². The van der Waals surface area contributed by atoms with Crippen molar-refractivity contribution in [2.75, 3.05) is 13.6 Å². The predicted octanol–water partition coefficient (Wildman–Crippen LogP) is 1.91. The highest BCUT2D eigenvalue weighted by Crippen LogP contribution is 2.23. The molecule has 1 amide bonds. The van der Waals surface area contributed by atoms with Gasteiger partial charge in [0.2, 0.25) is 5.91 Å². The van der Waals surface area contributed by atoms with E-state index >= 15 is 0 Å². The number of carbonyl (C=O) groups excluding carboxylic acids is 1. The van der Waals surface area contributed by atoms with Crippen LogP contribution in [0.25, 0.3) is 0 Å². The van der Waals surface area contributed by atoms with Crippen LogP contribution in [0.3, 0.4) is 0 Å². The number of rotatable bonds is 4. The summed E-state index contributed by atoms with van der Waals surface area (Å²) in [6.07, 6.45) is 6.06. The van der Waals surface area contributed by atoms with Crippen molar-refractivity contribution in [3.8, 4) is 0 Å². The molecule has 0 saturated heterocycles. The predicted molar refractivity (Wildman–Crippen MR) is 92.4 cm³/mol. The van der Waals surface area contributed by atoms with Crippen LogP contribution < -0.4 is 4.72 Å². The van der Waals surface area contributed by atoms with Gasteiger partial charge in [-0.1, -0.05) is 31.4 Å². The van der Waals surface area contributed by atoms with E-state index < -0.39 is 10.0 Å². The van der Waals surface area contributed by atoms with E-state index in [0.717, 1.165) is 12.8 Å². The molecule has 130 valence electrons. The molecule has 0 aromatic heterocycles. The molecule has 1 saturated carbocycles. The van der Waals surface area contributed by atoms with Gasteiger partial charge in [-0.2, -0.15) is 0 Å². The molecular formula is C17H23N3O3S. The topological polar surface area (TPSA) is 78.8 Å². The van der Waals surface area contributed by atoms with Gasteiger partial charge in [-0.25, -0.2) is 8.42 Å². The average Bonchev–Trinajstić information content (AvgIpc) is 2.86. The summed E-state index contributed by atoms with van der Waals surface area (Å²) in [4.78, 5) is 18.7. The minimum absolute atomic E-state index is 0.0698. The number of nitrogens with one attached hydrogen (secondary N) is 1. The number of nitrogens with zero attached hydrogens (tertiary/aromatic N) is 2. The van der Waals surface area contributed by atoms with Crippen LogP contribution >= 0.6 is 0 Å². The molecule has 24 heavy (non-hydrogen) atoms. The third kappa shape index (κ3) is 3.45. The van der Waals surface area contributed by atoms with Crippen LogP contribution in [-0.2, 0) is 14.8 Å². The summed E-state index contributed by atoms with van der Waals surface area (Å²) in [5, 5.41) is 0. The Labute approximate surface area is 143 Å². The zero-order valence-corrected chi connectivity index (χ0v) is 14.7. The number of fused-ring (bicyclic) bond motifs is 1. The highest BCUT2D eigenvalue weighted by molar-refractivity contribution is 7.90. The fourth-order valence-electron chi connectivity index (χ4n) is 3.36. The minimum Gasteiger partial charge on any atom is -0.343 e. The van der Waals surface area contributed by atoms with Crippen LogP contribution in [0.1, 0.15) is 44.1 Å². The second-order valence-corrected chi connectivity index (χ2v) is 8.03. The first-order valence-corrected chi connectivity index (χ1v) is 9.90. The molecule has 0 unspecified atom stereocenters. The lowest BCUT2D eigenvalue weighted by Gasteiger charge is -2.31. The second-order valence-electron chi connectivity index (χ2n) is 6.38. The molecule has 1 N–H and O–H groups in total. The zero-order valence-electron chi connectivity index (χ0n) is 13.9. The Balaban J connectivity index is 1.62. The van der Waals surface area contributed by atoms with Crippen LogP contribution in [-0.4, -0.2) is 44.7 Å². The maximum absolute atomic E-state index is 12.3. The van der Waals surface area contributed by atoms with Gasteiger partial charge in [-0.05, 0) is 25.0 Å². The molecule has 1 aliphatic heterocycles. The SMILES string of the molecule is CN(C(=O)CCN=C1NS(=O)(=O)c2ccccc21)C1CCCCC1. The lowest BCUT2D eigenvalue weighted by atomic mass is 9.94. The Morgan fingerprint density at radius 2 is 1.96 bits per heavy atom. The van der Waals surface area contributed by atoms with Crippen LogP contribution in [0.15, 0.2) is 34.2 Å². The van der Waals surface area contributed by atoms with Crippen molar-refractivity contribution in [1.82, 2.24) is 9.62 Å². The summed E-state index contributed by atoms with van der Waals surface area (Å²) in [5.41, 5.74) is 0.575. The maximum atomic E-state index is 12.3. The number of sulfonamides is 1. The van der Waals surface area contributed by atoms with E-state index in [1.807, 2.05) is 11.9 Å². The Bertz CT molecular complexity index is 752. The highest BCUT2D eigenvalue weighted by Gasteiger charge is 2.30. The molecule has 7 heteroatoms. The second kappa shape index (κ2) is 6.93. The van der Waals surface area contributed by atoms with Crippen molar-refractivity contribution in [3.63, 3.8) is 0 Å². The van der Waals surface area contributed by atoms with E-state index in [4.69, 9.17) is 0 Å². The summed E-state index contributed by atoms with van der Waals surface area (Å²) in [5.74, 6) is 0.402. The number of hydrogen-bond donors (Lipinski definition) is 1. The zero-order chi connectivity index (χ0) is 17.2. The minimum atomic E-state index is -3.52. The van der Waals surface area contributed by atoms with E-state index in [-0.39, 0.29) is 17.3 Å². The first kappa shape index (κ1) is 17.0. The van der Waals surface area contributed by atoms with Crippen LogP contribution in [0.2, 0.25) is 0 Å². The Morgan fingerprint density at radius 3 is 2.71 bits per heavy atom. The Kier molecular flexibility index (Phi) is 4.89. The Hall–Kier alpha value is -1.89. The van der Waals surface area contributed by atoms with Gasteiger partial charge in [0.25, 0.3) is 10.0 Å². The molecule has 2 aliphatic rings. The molecule has 6 nitrogen and oxygen atoms in total.